The normalized spacial score (nSPS) is 13.9. The molecule has 10 heteroatoms. The van der Waals surface area contributed by atoms with E-state index in [0.29, 0.717) is 16.3 Å². The van der Waals surface area contributed by atoms with E-state index in [9.17, 15) is 10.5 Å². The largest absolute Gasteiger partial charge is 0.396 e. The zero-order chi connectivity index (χ0) is 25.7. The Labute approximate surface area is 230 Å². The number of aromatic nitrogens is 1. The zero-order valence-corrected chi connectivity index (χ0v) is 23.3. The van der Waals surface area contributed by atoms with Crippen molar-refractivity contribution < 1.29 is 0 Å². The second-order valence-corrected chi connectivity index (χ2v) is 12.6. The van der Waals surface area contributed by atoms with Crippen molar-refractivity contribution in [1.29, 1.82) is 10.5 Å². The van der Waals surface area contributed by atoms with Gasteiger partial charge in [-0.25, -0.2) is 4.98 Å². The molecule has 2 atom stereocenters. The molecule has 0 aliphatic heterocycles. The second-order valence-electron chi connectivity index (χ2n) is 7.38. The fraction of sp³-hybridized carbons (Fsp3) is 0.115. The summed E-state index contributed by atoms with van der Waals surface area (Å²) >= 11 is 7.69. The molecule has 0 saturated carbocycles. The van der Waals surface area contributed by atoms with E-state index in [1.807, 2.05) is 36.6 Å². The number of hydrogen-bond donors (Lipinski definition) is 2. The van der Waals surface area contributed by atoms with E-state index >= 15 is 0 Å². The van der Waals surface area contributed by atoms with Crippen LogP contribution in [-0.2, 0) is 0 Å². The highest BCUT2D eigenvalue weighted by molar-refractivity contribution is 8.05. The highest BCUT2D eigenvalue weighted by Crippen LogP contribution is 2.43. The molecule has 4 N–H and O–H groups in total. The van der Waals surface area contributed by atoms with Crippen molar-refractivity contribution >= 4 is 68.4 Å². The molecular formula is C26H21N5S5. The van der Waals surface area contributed by atoms with Crippen LogP contribution in [0, 0.1) is 28.6 Å². The molecule has 0 aromatic carbocycles. The standard InChI is InChI=1S/C26H21N5S5/c1-3-17(32-4-2)15(13-27)24(29)22-9-7-20(35-22)18-5-6-19(34-18)21-8-10-23(36-21)25(30)16(14-28)26-31-11-12-33-26/h3-12,15,24H,2,29-30H2,1H3/b17-3+,25-16-. The van der Waals surface area contributed by atoms with Crippen molar-refractivity contribution in [2.75, 3.05) is 0 Å². The van der Waals surface area contributed by atoms with E-state index in [-0.39, 0.29) is 0 Å². The Morgan fingerprint density at radius 3 is 2.33 bits per heavy atom. The van der Waals surface area contributed by atoms with Gasteiger partial charge in [0.2, 0.25) is 0 Å². The van der Waals surface area contributed by atoms with Gasteiger partial charge in [-0.05, 0) is 48.7 Å². The van der Waals surface area contributed by atoms with Crippen LogP contribution in [0.4, 0.5) is 0 Å². The minimum Gasteiger partial charge on any atom is -0.396 e. The van der Waals surface area contributed by atoms with Gasteiger partial charge in [0.05, 0.1) is 28.6 Å². The first-order chi connectivity index (χ1) is 17.5. The van der Waals surface area contributed by atoms with E-state index in [1.54, 1.807) is 45.6 Å². The Balaban J connectivity index is 1.56. The first kappa shape index (κ1) is 26.1. The third kappa shape index (κ3) is 5.40. The average molecular weight is 564 g/mol. The molecule has 0 amide bonds. The van der Waals surface area contributed by atoms with E-state index < -0.39 is 12.0 Å². The summed E-state index contributed by atoms with van der Waals surface area (Å²) in [5, 5.41) is 23.5. The van der Waals surface area contributed by atoms with E-state index in [4.69, 9.17) is 11.5 Å². The predicted octanol–water partition coefficient (Wildman–Crippen LogP) is 7.93. The molecule has 0 fully saturated rings. The van der Waals surface area contributed by atoms with Crippen molar-refractivity contribution in [1.82, 2.24) is 4.98 Å². The number of nitrogens with zero attached hydrogens (tertiary/aromatic N) is 3. The maximum atomic E-state index is 9.74. The van der Waals surface area contributed by atoms with Crippen LogP contribution >= 0.6 is 57.1 Å². The van der Waals surface area contributed by atoms with Crippen molar-refractivity contribution in [2.45, 2.75) is 13.0 Å². The average Bonchev–Trinajstić information content (AvgIpc) is 3.70. The maximum absolute atomic E-state index is 9.74. The lowest BCUT2D eigenvalue weighted by Gasteiger charge is -2.18. The van der Waals surface area contributed by atoms with Crippen molar-refractivity contribution in [2.24, 2.45) is 17.4 Å². The van der Waals surface area contributed by atoms with Crippen molar-refractivity contribution in [3.8, 4) is 31.6 Å². The molecule has 0 aliphatic rings. The number of allylic oxidation sites excluding steroid dienone is 2. The first-order valence-electron chi connectivity index (χ1n) is 10.7. The van der Waals surface area contributed by atoms with Crippen LogP contribution in [0.25, 0.3) is 30.8 Å². The Bertz CT molecular complexity index is 1500. The number of nitriles is 2. The van der Waals surface area contributed by atoms with Gasteiger partial charge >= 0.3 is 0 Å². The summed E-state index contributed by atoms with van der Waals surface area (Å²) in [5.74, 6) is -0.422. The molecular weight excluding hydrogens is 543 g/mol. The topological polar surface area (TPSA) is 113 Å². The molecule has 180 valence electrons. The third-order valence-corrected chi connectivity index (χ3v) is 10.8. The zero-order valence-electron chi connectivity index (χ0n) is 19.2. The fourth-order valence-electron chi connectivity index (χ4n) is 3.48. The smallest absolute Gasteiger partial charge is 0.136 e. The summed E-state index contributed by atoms with van der Waals surface area (Å²) in [4.78, 5) is 11.4. The quantitative estimate of drug-likeness (QED) is 0.200. The van der Waals surface area contributed by atoms with E-state index in [0.717, 1.165) is 34.2 Å². The molecule has 4 aromatic rings. The number of nitrogens with two attached hydrogens (primary N) is 2. The van der Waals surface area contributed by atoms with Crippen LogP contribution in [0.2, 0.25) is 0 Å². The molecule has 0 aliphatic carbocycles. The Hall–Kier alpha value is -2.96. The van der Waals surface area contributed by atoms with Gasteiger partial charge < -0.3 is 11.5 Å². The van der Waals surface area contributed by atoms with Gasteiger partial charge in [-0.3, -0.25) is 0 Å². The van der Waals surface area contributed by atoms with Gasteiger partial charge in [0, 0.05) is 40.9 Å². The Kier molecular flexibility index (Phi) is 8.60. The Morgan fingerprint density at radius 1 is 1.06 bits per heavy atom. The molecule has 5 nitrogen and oxygen atoms in total. The van der Waals surface area contributed by atoms with Crippen molar-refractivity contribution in [3.63, 3.8) is 0 Å². The van der Waals surface area contributed by atoms with Gasteiger partial charge in [0.15, 0.2) is 0 Å². The number of thioether (sulfide) groups is 1. The number of thiazole rings is 1. The lowest BCUT2D eigenvalue weighted by atomic mass is 10.00. The molecule has 0 radical (unpaired) electrons. The van der Waals surface area contributed by atoms with Gasteiger partial charge in [0.1, 0.15) is 16.6 Å². The van der Waals surface area contributed by atoms with Crippen LogP contribution < -0.4 is 11.5 Å². The van der Waals surface area contributed by atoms with Crippen LogP contribution in [0.15, 0.2) is 70.9 Å². The molecule has 0 saturated heterocycles. The molecule has 0 bridgehead atoms. The van der Waals surface area contributed by atoms with Crippen LogP contribution in [0.3, 0.4) is 0 Å². The van der Waals surface area contributed by atoms with Gasteiger partial charge in [-0.1, -0.05) is 12.7 Å². The molecule has 2 unspecified atom stereocenters. The minimum absolute atomic E-state index is 0.399. The number of thiophene rings is 3. The molecule has 4 aromatic heterocycles. The van der Waals surface area contributed by atoms with Crippen LogP contribution in [-0.4, -0.2) is 4.98 Å². The SMILES string of the molecule is C=CS/C(=C/C)C(C#N)C(N)c1ccc(-c2ccc(-c3ccc(/C(N)=C(\C#N)c4nccs4)s3)s2)s1. The van der Waals surface area contributed by atoms with E-state index in [1.165, 1.54) is 23.1 Å². The highest BCUT2D eigenvalue weighted by atomic mass is 32.2. The molecule has 36 heavy (non-hydrogen) atoms. The number of rotatable bonds is 9. The summed E-state index contributed by atoms with van der Waals surface area (Å²) in [6, 6.07) is 16.4. The van der Waals surface area contributed by atoms with Gasteiger partial charge in [-0.15, -0.1) is 57.1 Å². The lowest BCUT2D eigenvalue weighted by molar-refractivity contribution is 0.632. The summed E-state index contributed by atoms with van der Waals surface area (Å²) in [7, 11) is 0. The lowest BCUT2D eigenvalue weighted by Crippen LogP contribution is -2.20. The third-order valence-electron chi connectivity index (χ3n) is 5.25. The van der Waals surface area contributed by atoms with Gasteiger partial charge in [-0.2, -0.15) is 10.5 Å². The molecule has 4 heterocycles. The fourth-order valence-corrected chi connectivity index (χ4v) is 8.00. The maximum Gasteiger partial charge on any atom is 0.136 e. The summed E-state index contributed by atoms with van der Waals surface area (Å²) in [6.07, 6.45) is 3.59. The number of hydrogen-bond acceptors (Lipinski definition) is 10. The van der Waals surface area contributed by atoms with Crippen LogP contribution in [0.5, 0.6) is 0 Å². The molecule has 4 rings (SSSR count). The minimum atomic E-state index is -0.422. The first-order valence-corrected chi connectivity index (χ1v) is 14.9. The van der Waals surface area contributed by atoms with Crippen molar-refractivity contribution in [3.05, 3.63) is 85.7 Å². The predicted molar refractivity (Wildman–Crippen MR) is 157 cm³/mol. The molecule has 0 spiro atoms. The summed E-state index contributed by atoms with van der Waals surface area (Å²) in [6.45, 7) is 5.67. The van der Waals surface area contributed by atoms with Gasteiger partial charge in [0.25, 0.3) is 0 Å². The Morgan fingerprint density at radius 2 is 1.72 bits per heavy atom. The summed E-state index contributed by atoms with van der Waals surface area (Å²) in [5.41, 5.74) is 13.7. The second kappa shape index (κ2) is 11.8. The van der Waals surface area contributed by atoms with E-state index in [2.05, 4.69) is 41.9 Å². The highest BCUT2D eigenvalue weighted by Gasteiger charge is 2.25. The van der Waals surface area contributed by atoms with Crippen LogP contribution in [0.1, 0.15) is 27.7 Å². The monoisotopic (exact) mass is 563 g/mol. The summed E-state index contributed by atoms with van der Waals surface area (Å²) < 4.78 is 0.